The summed E-state index contributed by atoms with van der Waals surface area (Å²) in [7, 11) is 0. The van der Waals surface area contributed by atoms with Crippen LogP contribution in [0.2, 0.25) is 0 Å². The molecule has 0 radical (unpaired) electrons. The van der Waals surface area contributed by atoms with E-state index in [-0.39, 0.29) is 29.6 Å². The van der Waals surface area contributed by atoms with Crippen LogP contribution in [0.1, 0.15) is 44.9 Å². The minimum Gasteiger partial charge on any atom is -0.478 e. The van der Waals surface area contributed by atoms with Crippen molar-refractivity contribution in [3.63, 3.8) is 0 Å². The lowest BCUT2D eigenvalue weighted by Crippen LogP contribution is -2.25. The number of rotatable bonds is 5. The first-order chi connectivity index (χ1) is 12.5. The predicted molar refractivity (Wildman–Crippen MR) is 95.1 cm³/mol. The Balaban J connectivity index is 1.67. The topological polar surface area (TPSA) is 99.6 Å². The van der Waals surface area contributed by atoms with E-state index in [1.165, 1.54) is 12.1 Å². The number of carboxylic acid groups (broad SMARTS) is 1. The van der Waals surface area contributed by atoms with Gasteiger partial charge in [-0.15, -0.1) is 0 Å². The Morgan fingerprint density at radius 3 is 2.73 bits per heavy atom. The Bertz CT molecular complexity index is 879. The summed E-state index contributed by atoms with van der Waals surface area (Å²) < 4.78 is 0. The molecule has 1 aliphatic rings. The molecule has 1 saturated heterocycles. The molecule has 0 saturated carbocycles. The molecule has 7 heteroatoms. The molecule has 0 atom stereocenters. The fourth-order valence-corrected chi connectivity index (χ4v) is 2.94. The molecule has 3 rings (SSSR count). The van der Waals surface area contributed by atoms with Crippen LogP contribution in [0.4, 0.5) is 5.69 Å². The number of hydrogen-bond donors (Lipinski definition) is 2. The number of carbonyl (C=O) groups excluding carboxylic acids is 2. The molecule has 7 nitrogen and oxygen atoms in total. The van der Waals surface area contributed by atoms with Crippen LogP contribution in [0, 0.1) is 6.92 Å². The predicted octanol–water partition coefficient (Wildman–Crippen LogP) is 2.15. The largest absolute Gasteiger partial charge is 0.478 e. The number of aromatic carboxylic acids is 1. The zero-order valence-electron chi connectivity index (χ0n) is 14.4. The number of nitrogens with one attached hydrogen (secondary N) is 1. The van der Waals surface area contributed by atoms with Gasteiger partial charge in [0.25, 0.3) is 5.91 Å². The van der Waals surface area contributed by atoms with Gasteiger partial charge in [-0.3, -0.25) is 9.59 Å². The highest BCUT2D eigenvalue weighted by atomic mass is 16.4. The van der Waals surface area contributed by atoms with Gasteiger partial charge in [0.2, 0.25) is 5.91 Å². The van der Waals surface area contributed by atoms with E-state index >= 15 is 0 Å². The number of nitrogens with zero attached hydrogens (tertiary/aromatic N) is 2. The molecule has 26 heavy (non-hydrogen) atoms. The van der Waals surface area contributed by atoms with E-state index in [0.717, 1.165) is 17.7 Å². The Morgan fingerprint density at radius 1 is 1.27 bits per heavy atom. The van der Waals surface area contributed by atoms with E-state index in [4.69, 9.17) is 5.11 Å². The van der Waals surface area contributed by atoms with E-state index in [1.54, 1.807) is 11.8 Å². The van der Waals surface area contributed by atoms with Crippen molar-refractivity contribution < 1.29 is 19.5 Å². The van der Waals surface area contributed by atoms with Gasteiger partial charge in [0.05, 0.1) is 11.3 Å². The van der Waals surface area contributed by atoms with Gasteiger partial charge in [-0.1, -0.05) is 12.1 Å². The molecule has 2 N–H and O–H groups in total. The van der Waals surface area contributed by atoms with Crippen LogP contribution in [0.15, 0.2) is 36.4 Å². The summed E-state index contributed by atoms with van der Waals surface area (Å²) in [5, 5.41) is 11.8. The maximum absolute atomic E-state index is 12.3. The van der Waals surface area contributed by atoms with Gasteiger partial charge in [0.15, 0.2) is 0 Å². The van der Waals surface area contributed by atoms with Crippen molar-refractivity contribution in [1.29, 1.82) is 0 Å². The molecule has 1 aromatic carbocycles. The fourth-order valence-electron chi connectivity index (χ4n) is 2.94. The number of hydrogen-bond acceptors (Lipinski definition) is 4. The molecule has 1 fully saturated rings. The van der Waals surface area contributed by atoms with Crippen molar-refractivity contribution in [1.82, 2.24) is 10.3 Å². The molecular weight excluding hydrogens is 334 g/mol. The third-order valence-corrected chi connectivity index (χ3v) is 4.30. The molecular formula is C19H19N3O4. The van der Waals surface area contributed by atoms with Gasteiger partial charge < -0.3 is 15.3 Å². The second kappa shape index (κ2) is 7.35. The minimum absolute atomic E-state index is 0.0736. The molecule has 1 aliphatic heterocycles. The van der Waals surface area contributed by atoms with Crippen LogP contribution in [-0.4, -0.2) is 34.4 Å². The lowest BCUT2D eigenvalue weighted by molar-refractivity contribution is -0.117. The molecule has 2 aromatic rings. The van der Waals surface area contributed by atoms with Gasteiger partial charge in [-0.05, 0) is 43.2 Å². The van der Waals surface area contributed by atoms with Gasteiger partial charge >= 0.3 is 5.97 Å². The number of carboxylic acids is 1. The molecule has 0 unspecified atom stereocenters. The number of benzene rings is 1. The van der Waals surface area contributed by atoms with Crippen molar-refractivity contribution >= 4 is 23.5 Å². The summed E-state index contributed by atoms with van der Waals surface area (Å²) in [4.78, 5) is 40.9. The van der Waals surface area contributed by atoms with Gasteiger partial charge in [-0.2, -0.15) is 0 Å². The zero-order valence-corrected chi connectivity index (χ0v) is 14.4. The zero-order chi connectivity index (χ0) is 18.7. The summed E-state index contributed by atoms with van der Waals surface area (Å²) in [6, 6.07) is 10.3. The highest BCUT2D eigenvalue weighted by Crippen LogP contribution is 2.22. The highest BCUT2D eigenvalue weighted by Gasteiger charge is 2.21. The van der Waals surface area contributed by atoms with Crippen LogP contribution in [-0.2, 0) is 11.3 Å². The van der Waals surface area contributed by atoms with Crippen LogP contribution in [0.5, 0.6) is 0 Å². The standard InChI is InChI=1S/C19H19N3O4/c1-12-15(19(25)26)7-8-16(21-12)18(24)20-11-13-4-2-5-14(10-13)22-9-3-6-17(22)23/h2,4-5,7-8,10H,3,6,9,11H2,1H3,(H,20,24)(H,25,26). The van der Waals surface area contributed by atoms with Crippen LogP contribution in [0.25, 0.3) is 0 Å². The van der Waals surface area contributed by atoms with Crippen LogP contribution in [0.3, 0.4) is 0 Å². The minimum atomic E-state index is -1.07. The summed E-state index contributed by atoms with van der Waals surface area (Å²) in [6.07, 6.45) is 1.43. The second-order valence-corrected chi connectivity index (χ2v) is 6.14. The first-order valence-electron chi connectivity index (χ1n) is 8.34. The van der Waals surface area contributed by atoms with Crippen molar-refractivity contribution in [2.24, 2.45) is 0 Å². The molecule has 2 heterocycles. The Morgan fingerprint density at radius 2 is 2.08 bits per heavy atom. The van der Waals surface area contributed by atoms with E-state index in [2.05, 4.69) is 10.3 Å². The quantitative estimate of drug-likeness (QED) is 0.858. The smallest absolute Gasteiger partial charge is 0.337 e. The van der Waals surface area contributed by atoms with E-state index in [1.807, 2.05) is 24.3 Å². The van der Waals surface area contributed by atoms with E-state index < -0.39 is 5.97 Å². The number of amides is 2. The Kier molecular flexibility index (Phi) is 4.97. The Hall–Kier alpha value is -3.22. The number of anilines is 1. The Labute approximate surface area is 150 Å². The summed E-state index contributed by atoms with van der Waals surface area (Å²) >= 11 is 0. The maximum Gasteiger partial charge on any atom is 0.337 e. The highest BCUT2D eigenvalue weighted by molar-refractivity contribution is 5.96. The molecule has 0 bridgehead atoms. The van der Waals surface area contributed by atoms with E-state index in [9.17, 15) is 14.4 Å². The van der Waals surface area contributed by atoms with Crippen molar-refractivity contribution in [3.8, 4) is 0 Å². The third-order valence-electron chi connectivity index (χ3n) is 4.30. The molecule has 0 aliphatic carbocycles. The number of aromatic nitrogens is 1. The monoisotopic (exact) mass is 353 g/mol. The maximum atomic E-state index is 12.3. The number of pyridine rings is 1. The van der Waals surface area contributed by atoms with Gasteiger partial charge in [0.1, 0.15) is 5.69 Å². The number of carbonyl (C=O) groups is 3. The molecule has 1 aromatic heterocycles. The molecule has 2 amide bonds. The first-order valence-corrected chi connectivity index (χ1v) is 8.34. The summed E-state index contributed by atoms with van der Waals surface area (Å²) in [5.74, 6) is -1.34. The van der Waals surface area contributed by atoms with Gasteiger partial charge in [-0.25, -0.2) is 9.78 Å². The first kappa shape index (κ1) is 17.6. The van der Waals surface area contributed by atoms with Crippen LogP contribution >= 0.6 is 0 Å². The molecule has 134 valence electrons. The number of aryl methyl sites for hydroxylation is 1. The summed E-state index contributed by atoms with van der Waals surface area (Å²) in [5.41, 5.74) is 2.23. The van der Waals surface area contributed by atoms with Crippen molar-refractivity contribution in [3.05, 3.63) is 58.9 Å². The van der Waals surface area contributed by atoms with Crippen LogP contribution < -0.4 is 10.2 Å². The average molecular weight is 353 g/mol. The lowest BCUT2D eigenvalue weighted by Gasteiger charge is -2.16. The van der Waals surface area contributed by atoms with Crippen molar-refractivity contribution in [2.45, 2.75) is 26.3 Å². The van der Waals surface area contributed by atoms with Gasteiger partial charge in [0, 0.05) is 25.2 Å². The lowest BCUT2D eigenvalue weighted by atomic mass is 10.1. The van der Waals surface area contributed by atoms with E-state index in [0.29, 0.717) is 18.7 Å². The summed E-state index contributed by atoms with van der Waals surface area (Å²) in [6.45, 7) is 2.56. The SMILES string of the molecule is Cc1nc(C(=O)NCc2cccc(N3CCCC3=O)c2)ccc1C(=O)O. The third kappa shape index (κ3) is 3.72. The average Bonchev–Trinajstić information content (AvgIpc) is 3.05. The fraction of sp³-hybridized carbons (Fsp3) is 0.263. The normalized spacial score (nSPS) is 13.7. The van der Waals surface area contributed by atoms with Crippen molar-refractivity contribution in [2.75, 3.05) is 11.4 Å². The molecule has 0 spiro atoms. The second-order valence-electron chi connectivity index (χ2n) is 6.14.